The first-order valence-corrected chi connectivity index (χ1v) is 11.0. The quantitative estimate of drug-likeness (QED) is 0.219. The molecule has 0 spiro atoms. The first-order valence-electron chi connectivity index (χ1n) is 9.70. The number of benzene rings is 2. The van der Waals surface area contributed by atoms with Gasteiger partial charge in [-0.1, -0.05) is 35.3 Å². The third-order valence-corrected chi connectivity index (χ3v) is 5.08. The third-order valence-electron chi connectivity index (χ3n) is 4.28. The molecule has 10 heteroatoms. The molecular formula is C22H21Cl3N2O5. The first-order chi connectivity index (χ1) is 15.3. The van der Waals surface area contributed by atoms with E-state index in [9.17, 15) is 19.2 Å². The molecule has 0 bridgehead atoms. The molecule has 2 aromatic carbocycles. The number of Topliss-reactive ketones (excluding diaryl/α,β-unsaturated/α-hetero) is 1. The molecule has 2 amide bonds. The highest BCUT2D eigenvalue weighted by Crippen LogP contribution is 2.16. The zero-order valence-electron chi connectivity index (χ0n) is 16.9. The predicted octanol–water partition coefficient (Wildman–Crippen LogP) is 4.35. The van der Waals surface area contributed by atoms with Crippen LogP contribution >= 0.6 is 34.8 Å². The molecule has 0 fully saturated rings. The van der Waals surface area contributed by atoms with E-state index in [2.05, 4.69) is 10.9 Å². The third kappa shape index (κ3) is 8.15. The van der Waals surface area contributed by atoms with Gasteiger partial charge in [-0.15, -0.1) is 11.6 Å². The topological polar surface area (TPSA) is 102 Å². The molecular weight excluding hydrogens is 479 g/mol. The van der Waals surface area contributed by atoms with Crippen molar-refractivity contribution in [1.82, 2.24) is 10.9 Å². The van der Waals surface area contributed by atoms with Crippen molar-refractivity contribution in [2.75, 3.05) is 5.88 Å². The summed E-state index contributed by atoms with van der Waals surface area (Å²) in [5.41, 5.74) is 5.08. The highest BCUT2D eigenvalue weighted by Gasteiger charge is 2.24. The van der Waals surface area contributed by atoms with E-state index in [1.165, 1.54) is 6.07 Å². The Balaban J connectivity index is 1.76. The lowest BCUT2D eigenvalue weighted by Gasteiger charge is -2.16. The van der Waals surface area contributed by atoms with E-state index in [0.29, 0.717) is 10.6 Å². The summed E-state index contributed by atoms with van der Waals surface area (Å²) in [5.74, 6) is -1.93. The van der Waals surface area contributed by atoms with E-state index < -0.39 is 23.9 Å². The number of hydrazine groups is 1. The number of ether oxygens (including phenoxy) is 1. The van der Waals surface area contributed by atoms with Crippen molar-refractivity contribution >= 4 is 58.4 Å². The lowest BCUT2D eigenvalue weighted by Crippen LogP contribution is -2.41. The number of ketones is 1. The van der Waals surface area contributed by atoms with Crippen LogP contribution in [0.5, 0.6) is 0 Å². The van der Waals surface area contributed by atoms with Crippen LogP contribution in [0.4, 0.5) is 0 Å². The molecule has 2 rings (SSSR count). The molecule has 32 heavy (non-hydrogen) atoms. The van der Waals surface area contributed by atoms with E-state index >= 15 is 0 Å². The number of esters is 1. The van der Waals surface area contributed by atoms with Crippen LogP contribution in [0.25, 0.3) is 0 Å². The zero-order valence-corrected chi connectivity index (χ0v) is 19.2. The number of carbonyl (C=O) groups is 4. The minimum atomic E-state index is -1.02. The molecule has 2 N–H and O–H groups in total. The van der Waals surface area contributed by atoms with Gasteiger partial charge in [-0.2, -0.15) is 0 Å². The van der Waals surface area contributed by atoms with E-state index in [4.69, 9.17) is 39.5 Å². The molecule has 0 aliphatic carbocycles. The summed E-state index contributed by atoms with van der Waals surface area (Å²) in [5, 5.41) is 0.732. The maximum absolute atomic E-state index is 12.6. The maximum atomic E-state index is 12.6. The normalized spacial score (nSPS) is 11.3. The van der Waals surface area contributed by atoms with Crippen LogP contribution in [0, 0.1) is 0 Å². The Morgan fingerprint density at radius 3 is 2.25 bits per heavy atom. The Bertz CT molecular complexity index is 966. The summed E-state index contributed by atoms with van der Waals surface area (Å²) >= 11 is 17.5. The van der Waals surface area contributed by atoms with Crippen LogP contribution in [0.15, 0.2) is 48.5 Å². The number of hydrogen-bond donors (Lipinski definition) is 2. The maximum Gasteiger partial charge on any atom is 0.306 e. The summed E-state index contributed by atoms with van der Waals surface area (Å²) in [7, 11) is 0. The Hall–Kier alpha value is -2.61. The Kier molecular flexibility index (Phi) is 10.5. The summed E-state index contributed by atoms with van der Waals surface area (Å²) in [6, 6.07) is 12.6. The van der Waals surface area contributed by atoms with Crippen LogP contribution < -0.4 is 10.9 Å². The van der Waals surface area contributed by atoms with Gasteiger partial charge in [0.2, 0.25) is 11.7 Å². The molecule has 0 saturated heterocycles. The smallest absolute Gasteiger partial charge is 0.306 e. The summed E-state index contributed by atoms with van der Waals surface area (Å²) in [6.45, 7) is 0. The van der Waals surface area contributed by atoms with Crippen molar-refractivity contribution in [1.29, 1.82) is 0 Å². The number of amides is 2. The fraction of sp³-hybridized carbons (Fsp3) is 0.273. The summed E-state index contributed by atoms with van der Waals surface area (Å²) in [4.78, 5) is 48.6. The van der Waals surface area contributed by atoms with Gasteiger partial charge in [0.1, 0.15) is 0 Å². The molecule has 0 aliphatic heterocycles. The van der Waals surface area contributed by atoms with E-state index in [1.807, 2.05) is 0 Å². The van der Waals surface area contributed by atoms with E-state index in [1.54, 1.807) is 42.5 Å². The van der Waals surface area contributed by atoms with Crippen LogP contribution in [0.3, 0.4) is 0 Å². The number of hydrogen-bond acceptors (Lipinski definition) is 5. The summed E-state index contributed by atoms with van der Waals surface area (Å²) in [6.07, 6.45) is -0.828. The second-order valence-electron chi connectivity index (χ2n) is 6.66. The molecule has 170 valence electrons. The molecule has 1 atom stereocenters. The largest absolute Gasteiger partial charge is 0.454 e. The Labute approximate surface area is 200 Å². The second kappa shape index (κ2) is 13.1. The van der Waals surface area contributed by atoms with E-state index in [-0.39, 0.29) is 47.9 Å². The Morgan fingerprint density at radius 2 is 1.59 bits per heavy atom. The average Bonchev–Trinajstić information content (AvgIpc) is 2.77. The molecule has 2 aromatic rings. The summed E-state index contributed by atoms with van der Waals surface area (Å²) < 4.78 is 5.27. The fourth-order valence-corrected chi connectivity index (χ4v) is 3.20. The molecule has 0 radical (unpaired) electrons. The lowest BCUT2D eigenvalue weighted by atomic mass is 10.0. The molecule has 0 aliphatic rings. The van der Waals surface area contributed by atoms with Crippen molar-refractivity contribution in [2.45, 2.75) is 31.8 Å². The number of rotatable bonds is 10. The van der Waals surface area contributed by atoms with Crippen molar-refractivity contribution in [3.63, 3.8) is 0 Å². The van der Waals surface area contributed by atoms with Gasteiger partial charge in [0.25, 0.3) is 5.91 Å². The van der Waals surface area contributed by atoms with Crippen LogP contribution in [0.2, 0.25) is 10.0 Å². The number of nitrogens with one attached hydrogen (secondary N) is 2. The van der Waals surface area contributed by atoms with Gasteiger partial charge in [0, 0.05) is 35.7 Å². The first kappa shape index (κ1) is 25.6. The van der Waals surface area contributed by atoms with Gasteiger partial charge in [-0.25, -0.2) is 0 Å². The standard InChI is InChI=1S/C22H21Cl3N2O5/c23-13-12-18(21(30)14-8-10-15(24)11-9-14)32-20(29)7-3-6-19(28)26-27-22(31)16-4-1-2-5-17(16)25/h1-2,4-5,8-11,18H,3,6-7,12-13H2,(H,26,28)(H,27,31). The fourth-order valence-electron chi connectivity index (χ4n) is 2.66. The molecule has 1 unspecified atom stereocenters. The van der Waals surface area contributed by atoms with Gasteiger partial charge >= 0.3 is 5.97 Å². The predicted molar refractivity (Wildman–Crippen MR) is 122 cm³/mol. The minimum absolute atomic E-state index is 0.0385. The van der Waals surface area contributed by atoms with Gasteiger partial charge in [-0.05, 0) is 42.8 Å². The molecule has 0 heterocycles. The van der Waals surface area contributed by atoms with Crippen molar-refractivity contribution in [3.8, 4) is 0 Å². The van der Waals surface area contributed by atoms with Crippen LogP contribution in [0.1, 0.15) is 46.4 Å². The average molecular weight is 500 g/mol. The van der Waals surface area contributed by atoms with Crippen molar-refractivity contribution in [3.05, 3.63) is 69.7 Å². The monoisotopic (exact) mass is 498 g/mol. The molecule has 7 nitrogen and oxygen atoms in total. The van der Waals surface area contributed by atoms with Crippen LogP contribution in [-0.4, -0.2) is 35.6 Å². The van der Waals surface area contributed by atoms with Crippen molar-refractivity contribution < 1.29 is 23.9 Å². The van der Waals surface area contributed by atoms with Gasteiger partial charge in [0.15, 0.2) is 6.10 Å². The van der Waals surface area contributed by atoms with Gasteiger partial charge < -0.3 is 4.74 Å². The zero-order chi connectivity index (χ0) is 23.5. The highest BCUT2D eigenvalue weighted by atomic mass is 35.5. The van der Waals surface area contributed by atoms with Gasteiger partial charge in [0.05, 0.1) is 10.6 Å². The lowest BCUT2D eigenvalue weighted by molar-refractivity contribution is -0.147. The molecule has 0 aromatic heterocycles. The van der Waals surface area contributed by atoms with Crippen molar-refractivity contribution in [2.24, 2.45) is 0 Å². The minimum Gasteiger partial charge on any atom is -0.454 e. The number of carbonyl (C=O) groups excluding carboxylic acids is 4. The van der Waals surface area contributed by atoms with Gasteiger partial charge in [-0.3, -0.25) is 30.0 Å². The second-order valence-corrected chi connectivity index (χ2v) is 7.88. The van der Waals surface area contributed by atoms with Crippen LogP contribution in [-0.2, 0) is 14.3 Å². The SMILES string of the molecule is O=C(CCCC(=O)OC(CCCl)C(=O)c1ccc(Cl)cc1)NNC(=O)c1ccccc1Cl. The van der Waals surface area contributed by atoms with E-state index in [0.717, 1.165) is 0 Å². The molecule has 0 saturated carbocycles. The number of alkyl halides is 1. The number of halogens is 3. The highest BCUT2D eigenvalue weighted by molar-refractivity contribution is 6.33. The Morgan fingerprint density at radius 1 is 0.906 bits per heavy atom.